The maximum absolute atomic E-state index is 12.2. The van der Waals surface area contributed by atoms with Crippen LogP contribution in [0.2, 0.25) is 0 Å². The number of hydrogen-bond donors (Lipinski definition) is 1. The van der Waals surface area contributed by atoms with E-state index >= 15 is 0 Å². The summed E-state index contributed by atoms with van der Waals surface area (Å²) < 4.78 is 6.03. The first-order valence-electron chi connectivity index (χ1n) is 8.18. The third-order valence-corrected chi connectivity index (χ3v) is 4.85. The maximum atomic E-state index is 12.2. The van der Waals surface area contributed by atoms with Gasteiger partial charge >= 0.3 is 0 Å². The minimum atomic E-state index is 0.159. The third kappa shape index (κ3) is 4.19. The van der Waals surface area contributed by atoms with Gasteiger partial charge in [-0.15, -0.1) is 0 Å². The van der Waals surface area contributed by atoms with Gasteiger partial charge in [-0.2, -0.15) is 0 Å². The fourth-order valence-corrected chi connectivity index (χ4v) is 3.49. The molecule has 0 spiro atoms. The van der Waals surface area contributed by atoms with Gasteiger partial charge in [0.2, 0.25) is 5.91 Å². The lowest BCUT2D eigenvalue weighted by molar-refractivity contribution is -0.142. The summed E-state index contributed by atoms with van der Waals surface area (Å²) in [6.07, 6.45) is 3.92. The molecule has 0 bridgehead atoms. The van der Waals surface area contributed by atoms with Crippen LogP contribution in [0.15, 0.2) is 0 Å². The van der Waals surface area contributed by atoms with Crippen molar-refractivity contribution >= 4 is 5.91 Å². The zero-order valence-corrected chi connectivity index (χ0v) is 13.2. The molecular weight excluding hydrogens is 252 g/mol. The number of ether oxygens (including phenoxy) is 1. The fraction of sp³-hybridized carbons (Fsp3) is 0.938. The second kappa shape index (κ2) is 7.41. The molecule has 0 aromatic heterocycles. The predicted molar refractivity (Wildman–Crippen MR) is 80.5 cm³/mol. The van der Waals surface area contributed by atoms with E-state index in [-0.39, 0.29) is 18.6 Å². The average molecular weight is 282 g/mol. The molecule has 0 aromatic rings. The van der Waals surface area contributed by atoms with Crippen molar-refractivity contribution in [1.82, 2.24) is 10.2 Å². The second-order valence-electron chi connectivity index (χ2n) is 6.81. The molecule has 2 fully saturated rings. The second-order valence-corrected chi connectivity index (χ2v) is 6.81. The smallest absolute Gasteiger partial charge is 0.248 e. The first-order valence-corrected chi connectivity index (χ1v) is 8.18. The van der Waals surface area contributed by atoms with Gasteiger partial charge in [-0.25, -0.2) is 0 Å². The summed E-state index contributed by atoms with van der Waals surface area (Å²) in [5.74, 6) is 2.14. The first-order chi connectivity index (χ1) is 9.58. The Morgan fingerprint density at radius 1 is 1.30 bits per heavy atom. The van der Waals surface area contributed by atoms with Gasteiger partial charge < -0.3 is 15.0 Å². The summed E-state index contributed by atoms with van der Waals surface area (Å²) >= 11 is 0. The topological polar surface area (TPSA) is 41.6 Å². The minimum absolute atomic E-state index is 0.159. The van der Waals surface area contributed by atoms with Crippen molar-refractivity contribution in [3.05, 3.63) is 0 Å². The van der Waals surface area contributed by atoms with Crippen LogP contribution in [-0.2, 0) is 9.53 Å². The summed E-state index contributed by atoms with van der Waals surface area (Å²) in [5.41, 5.74) is 0. The highest BCUT2D eigenvalue weighted by molar-refractivity contribution is 5.77. The van der Waals surface area contributed by atoms with E-state index in [4.69, 9.17) is 4.74 Å². The average Bonchev–Trinajstić information content (AvgIpc) is 2.45. The van der Waals surface area contributed by atoms with Crippen molar-refractivity contribution in [2.45, 2.75) is 46.1 Å². The molecule has 3 atom stereocenters. The van der Waals surface area contributed by atoms with E-state index in [1.165, 1.54) is 12.8 Å². The SMILES string of the molecule is CC1CCC(C(C)C)C(OCC(=O)N2CCNCC2)C1. The number of carbonyl (C=O) groups is 1. The van der Waals surface area contributed by atoms with Crippen LogP contribution < -0.4 is 5.32 Å². The fourth-order valence-electron chi connectivity index (χ4n) is 3.49. The Morgan fingerprint density at radius 2 is 2.00 bits per heavy atom. The van der Waals surface area contributed by atoms with Crippen molar-refractivity contribution in [2.24, 2.45) is 17.8 Å². The van der Waals surface area contributed by atoms with Gasteiger partial charge in [0.25, 0.3) is 0 Å². The van der Waals surface area contributed by atoms with Crippen LogP contribution >= 0.6 is 0 Å². The number of nitrogens with one attached hydrogen (secondary N) is 1. The highest BCUT2D eigenvalue weighted by atomic mass is 16.5. The highest BCUT2D eigenvalue weighted by Crippen LogP contribution is 2.35. The van der Waals surface area contributed by atoms with E-state index in [9.17, 15) is 4.79 Å². The zero-order chi connectivity index (χ0) is 14.5. The van der Waals surface area contributed by atoms with E-state index in [1.54, 1.807) is 0 Å². The lowest BCUT2D eigenvalue weighted by Crippen LogP contribution is -2.48. The molecule has 1 N–H and O–H groups in total. The molecule has 0 radical (unpaired) electrons. The Hall–Kier alpha value is -0.610. The van der Waals surface area contributed by atoms with Gasteiger partial charge in [0, 0.05) is 26.2 Å². The molecule has 1 aliphatic carbocycles. The standard InChI is InChI=1S/C16H30N2O2/c1-12(2)14-5-4-13(3)10-15(14)20-11-16(19)18-8-6-17-7-9-18/h12-15,17H,4-11H2,1-3H3. The van der Waals surface area contributed by atoms with Gasteiger partial charge in [-0.3, -0.25) is 4.79 Å². The summed E-state index contributed by atoms with van der Waals surface area (Å²) in [6, 6.07) is 0. The molecule has 1 heterocycles. The summed E-state index contributed by atoms with van der Waals surface area (Å²) in [7, 11) is 0. The number of hydrogen-bond acceptors (Lipinski definition) is 3. The van der Waals surface area contributed by atoms with E-state index in [1.807, 2.05) is 4.90 Å². The van der Waals surface area contributed by atoms with Crippen LogP contribution in [0.25, 0.3) is 0 Å². The first kappa shape index (κ1) is 15.8. The van der Waals surface area contributed by atoms with Crippen LogP contribution in [0.5, 0.6) is 0 Å². The highest BCUT2D eigenvalue weighted by Gasteiger charge is 2.32. The third-order valence-electron chi connectivity index (χ3n) is 4.85. The number of carbonyl (C=O) groups excluding carboxylic acids is 1. The van der Waals surface area contributed by atoms with E-state index in [0.29, 0.717) is 11.8 Å². The van der Waals surface area contributed by atoms with Gasteiger partial charge in [-0.1, -0.05) is 27.2 Å². The molecule has 0 aromatic carbocycles. The van der Waals surface area contributed by atoms with Crippen LogP contribution in [0.3, 0.4) is 0 Å². The largest absolute Gasteiger partial charge is 0.368 e. The van der Waals surface area contributed by atoms with Crippen LogP contribution in [0.1, 0.15) is 40.0 Å². The normalized spacial score (nSPS) is 31.6. The molecule has 1 saturated heterocycles. The van der Waals surface area contributed by atoms with Crippen LogP contribution in [0, 0.1) is 17.8 Å². The molecule has 116 valence electrons. The maximum Gasteiger partial charge on any atom is 0.248 e. The number of rotatable bonds is 4. The predicted octanol–water partition coefficient (Wildman–Crippen LogP) is 1.90. The van der Waals surface area contributed by atoms with Gasteiger partial charge in [0.15, 0.2) is 0 Å². The number of nitrogens with zero attached hydrogens (tertiary/aromatic N) is 1. The van der Waals surface area contributed by atoms with E-state index in [2.05, 4.69) is 26.1 Å². The van der Waals surface area contributed by atoms with Crippen molar-refractivity contribution in [3.8, 4) is 0 Å². The van der Waals surface area contributed by atoms with Crippen molar-refractivity contribution < 1.29 is 9.53 Å². The lowest BCUT2D eigenvalue weighted by atomic mass is 9.75. The Morgan fingerprint density at radius 3 is 2.65 bits per heavy atom. The molecule has 2 rings (SSSR count). The molecule has 1 amide bonds. The van der Waals surface area contributed by atoms with Gasteiger partial charge in [0.05, 0.1) is 6.10 Å². The Bertz CT molecular complexity index is 314. The summed E-state index contributed by atoms with van der Waals surface area (Å²) in [5, 5.41) is 3.27. The molecule has 4 heteroatoms. The molecule has 3 unspecified atom stereocenters. The molecular formula is C16H30N2O2. The van der Waals surface area contributed by atoms with E-state index in [0.717, 1.165) is 38.5 Å². The van der Waals surface area contributed by atoms with Gasteiger partial charge in [0.1, 0.15) is 6.61 Å². The van der Waals surface area contributed by atoms with Crippen LogP contribution in [-0.4, -0.2) is 49.7 Å². The van der Waals surface area contributed by atoms with E-state index < -0.39 is 0 Å². The van der Waals surface area contributed by atoms with Crippen molar-refractivity contribution in [3.63, 3.8) is 0 Å². The Labute approximate surface area is 123 Å². The quantitative estimate of drug-likeness (QED) is 0.856. The molecule has 1 saturated carbocycles. The summed E-state index contributed by atoms with van der Waals surface area (Å²) in [6.45, 7) is 10.5. The number of piperazine rings is 1. The molecule has 2 aliphatic rings. The Balaban J connectivity index is 1.82. The monoisotopic (exact) mass is 282 g/mol. The minimum Gasteiger partial charge on any atom is -0.368 e. The summed E-state index contributed by atoms with van der Waals surface area (Å²) in [4.78, 5) is 14.1. The number of amides is 1. The van der Waals surface area contributed by atoms with Crippen molar-refractivity contribution in [1.29, 1.82) is 0 Å². The molecule has 4 nitrogen and oxygen atoms in total. The van der Waals surface area contributed by atoms with Crippen molar-refractivity contribution in [2.75, 3.05) is 32.8 Å². The van der Waals surface area contributed by atoms with Crippen LogP contribution in [0.4, 0.5) is 0 Å². The Kier molecular flexibility index (Phi) is 5.85. The lowest BCUT2D eigenvalue weighted by Gasteiger charge is -2.37. The molecule has 20 heavy (non-hydrogen) atoms. The zero-order valence-electron chi connectivity index (χ0n) is 13.2. The van der Waals surface area contributed by atoms with Gasteiger partial charge in [-0.05, 0) is 30.6 Å². The molecule has 1 aliphatic heterocycles.